The Morgan fingerprint density at radius 3 is 2.36 bits per heavy atom. The minimum Gasteiger partial charge on any atom is -0.353 e. The van der Waals surface area contributed by atoms with E-state index in [1.807, 2.05) is 39.0 Å². The third kappa shape index (κ3) is 5.57. The van der Waals surface area contributed by atoms with Gasteiger partial charge in [0.05, 0.1) is 6.54 Å². The first-order valence-corrected chi connectivity index (χ1v) is 8.81. The van der Waals surface area contributed by atoms with E-state index in [0.717, 1.165) is 28.9 Å². The normalized spacial score (nSPS) is 10.2. The summed E-state index contributed by atoms with van der Waals surface area (Å²) in [5.41, 5.74) is 6.32. The summed E-state index contributed by atoms with van der Waals surface area (Å²) >= 11 is 5.27. The molecule has 1 amide bonds. The highest BCUT2D eigenvalue weighted by atomic mass is 32.1. The van der Waals surface area contributed by atoms with Crippen LogP contribution in [-0.2, 0) is 11.2 Å². The summed E-state index contributed by atoms with van der Waals surface area (Å²) < 4.78 is 0. The molecule has 0 aliphatic heterocycles. The third-order valence-corrected chi connectivity index (χ3v) is 4.19. The monoisotopic (exact) mass is 355 g/mol. The van der Waals surface area contributed by atoms with Gasteiger partial charge in [-0.25, -0.2) is 0 Å². The van der Waals surface area contributed by atoms with Crippen LogP contribution in [0.1, 0.15) is 29.2 Å². The van der Waals surface area contributed by atoms with Gasteiger partial charge in [0.1, 0.15) is 0 Å². The van der Waals surface area contributed by atoms with Crippen LogP contribution in [-0.4, -0.2) is 17.6 Å². The average Bonchev–Trinajstić information content (AvgIpc) is 2.56. The zero-order valence-electron chi connectivity index (χ0n) is 15.2. The summed E-state index contributed by atoms with van der Waals surface area (Å²) in [4.78, 5) is 12.2. The Morgan fingerprint density at radius 1 is 1.04 bits per heavy atom. The van der Waals surface area contributed by atoms with Crippen LogP contribution in [0.5, 0.6) is 0 Å². The number of hydrogen-bond acceptors (Lipinski definition) is 2. The van der Waals surface area contributed by atoms with E-state index in [1.54, 1.807) is 0 Å². The number of anilines is 2. The molecular formula is C20H25N3OS. The molecule has 0 aromatic heterocycles. The minimum atomic E-state index is -0.124. The topological polar surface area (TPSA) is 53.2 Å². The molecule has 5 heteroatoms. The summed E-state index contributed by atoms with van der Waals surface area (Å²) in [5.74, 6) is -0.124. The maximum Gasteiger partial charge on any atom is 0.243 e. The van der Waals surface area contributed by atoms with Gasteiger partial charge in [0, 0.05) is 11.4 Å². The number of hydrogen-bond donors (Lipinski definition) is 3. The molecule has 2 aromatic carbocycles. The van der Waals surface area contributed by atoms with E-state index in [4.69, 9.17) is 12.2 Å². The lowest BCUT2D eigenvalue weighted by Gasteiger charge is -2.14. The highest BCUT2D eigenvalue weighted by Gasteiger charge is 2.09. The van der Waals surface area contributed by atoms with E-state index in [1.165, 1.54) is 11.1 Å². The first kappa shape index (κ1) is 18.9. The van der Waals surface area contributed by atoms with Crippen LogP contribution in [0, 0.1) is 20.8 Å². The van der Waals surface area contributed by atoms with Crippen molar-refractivity contribution in [1.82, 2.24) is 5.32 Å². The maximum absolute atomic E-state index is 12.2. The summed E-state index contributed by atoms with van der Waals surface area (Å²) in [7, 11) is 0. The fourth-order valence-corrected chi connectivity index (χ4v) is 2.96. The van der Waals surface area contributed by atoms with Crippen molar-refractivity contribution in [2.75, 3.05) is 17.2 Å². The third-order valence-electron chi connectivity index (χ3n) is 3.94. The molecule has 0 aliphatic rings. The number of thiocarbonyl (C=S) groups is 1. The summed E-state index contributed by atoms with van der Waals surface area (Å²) in [6, 6.07) is 12.2. The number of carbonyl (C=O) groups excluding carboxylic acids is 1. The molecule has 0 bridgehead atoms. The van der Waals surface area contributed by atoms with Crippen molar-refractivity contribution >= 4 is 34.6 Å². The number of aryl methyl sites for hydroxylation is 4. The molecule has 0 spiro atoms. The molecule has 0 atom stereocenters. The fourth-order valence-electron chi connectivity index (χ4n) is 2.77. The Labute approximate surface area is 155 Å². The van der Waals surface area contributed by atoms with E-state index in [0.29, 0.717) is 5.11 Å². The Kier molecular flexibility index (Phi) is 6.53. The van der Waals surface area contributed by atoms with Crippen molar-refractivity contribution in [3.8, 4) is 0 Å². The Morgan fingerprint density at radius 2 is 1.72 bits per heavy atom. The van der Waals surface area contributed by atoms with Gasteiger partial charge >= 0.3 is 0 Å². The smallest absolute Gasteiger partial charge is 0.243 e. The second kappa shape index (κ2) is 8.62. The zero-order chi connectivity index (χ0) is 18.4. The number of amides is 1. The van der Waals surface area contributed by atoms with Crippen LogP contribution < -0.4 is 16.0 Å². The average molecular weight is 356 g/mol. The van der Waals surface area contributed by atoms with E-state index < -0.39 is 0 Å². The Balaban J connectivity index is 1.88. The van der Waals surface area contributed by atoms with E-state index >= 15 is 0 Å². The zero-order valence-corrected chi connectivity index (χ0v) is 16.0. The molecule has 3 N–H and O–H groups in total. The van der Waals surface area contributed by atoms with Crippen molar-refractivity contribution in [3.05, 3.63) is 58.7 Å². The summed E-state index contributed by atoms with van der Waals surface area (Å²) in [6.45, 7) is 8.26. The van der Waals surface area contributed by atoms with Gasteiger partial charge in [0.15, 0.2) is 5.11 Å². The molecule has 0 fully saturated rings. The van der Waals surface area contributed by atoms with Crippen LogP contribution >= 0.6 is 12.2 Å². The second-order valence-electron chi connectivity index (χ2n) is 6.18. The number of rotatable bonds is 5. The van der Waals surface area contributed by atoms with Gasteiger partial charge < -0.3 is 16.0 Å². The molecule has 4 nitrogen and oxygen atoms in total. The van der Waals surface area contributed by atoms with Gasteiger partial charge in [-0.3, -0.25) is 4.79 Å². The first-order chi connectivity index (χ1) is 11.9. The first-order valence-electron chi connectivity index (χ1n) is 8.40. The largest absolute Gasteiger partial charge is 0.353 e. The second-order valence-corrected chi connectivity index (χ2v) is 6.59. The fraction of sp³-hybridized carbons (Fsp3) is 0.300. The minimum absolute atomic E-state index is 0.117. The lowest BCUT2D eigenvalue weighted by molar-refractivity contribution is -0.115. The number of benzene rings is 2. The van der Waals surface area contributed by atoms with Crippen molar-refractivity contribution in [3.63, 3.8) is 0 Å². The molecule has 0 unspecified atom stereocenters. The standard InChI is InChI=1S/C20H25N3OS/c1-5-16-7-6-8-17(11-16)22-20(25)21-12-18(24)23-19-14(3)9-13(2)10-15(19)4/h6-11H,5,12H2,1-4H3,(H,23,24)(H2,21,22,25). The lowest BCUT2D eigenvalue weighted by atomic mass is 10.1. The Bertz CT molecular complexity index is 763. The van der Waals surface area contributed by atoms with Crippen LogP contribution in [0.2, 0.25) is 0 Å². The maximum atomic E-state index is 12.2. The predicted molar refractivity (Wildman–Crippen MR) is 109 cm³/mol. The van der Waals surface area contributed by atoms with Crippen LogP contribution in [0.4, 0.5) is 11.4 Å². The van der Waals surface area contributed by atoms with Gasteiger partial charge in [-0.05, 0) is 68.2 Å². The lowest BCUT2D eigenvalue weighted by Crippen LogP contribution is -2.35. The van der Waals surface area contributed by atoms with Gasteiger partial charge in [0.25, 0.3) is 0 Å². The molecule has 0 radical (unpaired) electrons. The molecular weight excluding hydrogens is 330 g/mol. The van der Waals surface area contributed by atoms with Gasteiger partial charge in [-0.1, -0.05) is 36.8 Å². The molecule has 25 heavy (non-hydrogen) atoms. The molecule has 0 saturated heterocycles. The van der Waals surface area contributed by atoms with Crippen molar-refractivity contribution in [2.45, 2.75) is 34.1 Å². The van der Waals surface area contributed by atoms with Crippen molar-refractivity contribution in [2.24, 2.45) is 0 Å². The highest BCUT2D eigenvalue weighted by molar-refractivity contribution is 7.80. The van der Waals surface area contributed by atoms with E-state index in [2.05, 4.69) is 41.1 Å². The SMILES string of the molecule is CCc1cccc(NC(=S)NCC(=O)Nc2c(C)cc(C)cc2C)c1. The van der Waals surface area contributed by atoms with E-state index in [-0.39, 0.29) is 12.5 Å². The van der Waals surface area contributed by atoms with Crippen LogP contribution in [0.15, 0.2) is 36.4 Å². The van der Waals surface area contributed by atoms with E-state index in [9.17, 15) is 4.79 Å². The molecule has 2 rings (SSSR count). The quantitative estimate of drug-likeness (QED) is 0.707. The molecule has 0 heterocycles. The number of carbonyl (C=O) groups is 1. The molecule has 0 saturated carbocycles. The van der Waals surface area contributed by atoms with Crippen molar-refractivity contribution < 1.29 is 4.79 Å². The van der Waals surface area contributed by atoms with Crippen LogP contribution in [0.3, 0.4) is 0 Å². The predicted octanol–water partition coefficient (Wildman–Crippen LogP) is 4.10. The van der Waals surface area contributed by atoms with Crippen molar-refractivity contribution in [1.29, 1.82) is 0 Å². The van der Waals surface area contributed by atoms with Gasteiger partial charge in [-0.15, -0.1) is 0 Å². The van der Waals surface area contributed by atoms with Crippen LogP contribution in [0.25, 0.3) is 0 Å². The van der Waals surface area contributed by atoms with Gasteiger partial charge in [0.2, 0.25) is 5.91 Å². The Hall–Kier alpha value is -2.40. The summed E-state index contributed by atoms with van der Waals surface area (Å²) in [5, 5.41) is 9.44. The highest BCUT2D eigenvalue weighted by Crippen LogP contribution is 2.21. The number of nitrogens with one attached hydrogen (secondary N) is 3. The summed E-state index contributed by atoms with van der Waals surface area (Å²) in [6.07, 6.45) is 0.966. The molecule has 132 valence electrons. The van der Waals surface area contributed by atoms with Gasteiger partial charge in [-0.2, -0.15) is 0 Å². The molecule has 0 aliphatic carbocycles. The molecule has 2 aromatic rings.